The van der Waals surface area contributed by atoms with Gasteiger partial charge in [0.2, 0.25) is 21.8 Å². The molecule has 2 heterocycles. The van der Waals surface area contributed by atoms with Crippen LogP contribution in [-0.2, 0) is 19.6 Å². The number of hydrogen-bond acceptors (Lipinski definition) is 5. The molecule has 29 heavy (non-hydrogen) atoms. The van der Waals surface area contributed by atoms with Gasteiger partial charge in [-0.25, -0.2) is 12.7 Å². The average Bonchev–Trinajstić information content (AvgIpc) is 3.00. The molecule has 2 amide bonds. The normalized spacial score (nSPS) is 20.2. The number of amides is 2. The summed E-state index contributed by atoms with van der Waals surface area (Å²) in [6, 6.07) is 4.72. The van der Waals surface area contributed by atoms with Crippen molar-refractivity contribution in [3.8, 4) is 0 Å². The summed E-state index contributed by atoms with van der Waals surface area (Å²) in [5.41, 5.74) is 0.449. The largest absolute Gasteiger partial charge is 0.341 e. The quantitative estimate of drug-likeness (QED) is 0.689. The molecule has 160 valence electrons. The second-order valence-electron chi connectivity index (χ2n) is 7.56. The van der Waals surface area contributed by atoms with Gasteiger partial charge in [-0.05, 0) is 37.5 Å². The number of fused-ring (bicyclic) bond motifs is 1. The minimum atomic E-state index is -3.62. The van der Waals surface area contributed by atoms with E-state index >= 15 is 0 Å². The first kappa shape index (κ1) is 22.1. The molecule has 1 aromatic rings. The number of carbonyl (C=O) groups excluding carboxylic acids is 2. The van der Waals surface area contributed by atoms with Crippen LogP contribution in [0.1, 0.15) is 45.4 Å². The molecule has 2 aliphatic rings. The van der Waals surface area contributed by atoms with Crippen LogP contribution in [0.25, 0.3) is 0 Å². The topological polar surface area (TPSA) is 86.8 Å². The minimum absolute atomic E-state index is 0.146. The van der Waals surface area contributed by atoms with E-state index in [4.69, 9.17) is 0 Å². The number of likely N-dealkylation sites (tertiary alicyclic amines) is 1. The van der Waals surface area contributed by atoms with E-state index in [0.717, 1.165) is 38.5 Å². The first-order chi connectivity index (χ1) is 13.8. The summed E-state index contributed by atoms with van der Waals surface area (Å²) in [4.78, 5) is 28.2. The zero-order chi connectivity index (χ0) is 21.0. The number of thioether (sulfide) groups is 1. The van der Waals surface area contributed by atoms with Gasteiger partial charge in [-0.2, -0.15) is 0 Å². The average molecular weight is 440 g/mol. The second-order valence-corrected chi connectivity index (χ2v) is 10.8. The molecule has 3 rings (SSSR count). The van der Waals surface area contributed by atoms with Crippen molar-refractivity contribution in [1.29, 1.82) is 0 Å². The van der Waals surface area contributed by atoms with Gasteiger partial charge in [0.25, 0.3) is 0 Å². The molecule has 7 nitrogen and oxygen atoms in total. The van der Waals surface area contributed by atoms with E-state index in [9.17, 15) is 18.0 Å². The van der Waals surface area contributed by atoms with Gasteiger partial charge in [0.1, 0.15) is 0 Å². The molecule has 0 aromatic heterocycles. The highest BCUT2D eigenvalue weighted by molar-refractivity contribution is 8.01. The SMILES string of the molecule is CCCCN(C)S(=O)(=O)c1ccc2c(c1)NC(=O)C(C(=O)N1CCCCCC1)S2. The standard InChI is InChI=1S/C20H29N3O4S2/c1-3-4-11-22(2)29(26,27)15-9-10-17-16(14-15)21-19(24)18(28-17)20(25)23-12-7-5-6-8-13-23/h9-10,14,18H,3-8,11-13H2,1-2H3,(H,21,24). The van der Waals surface area contributed by atoms with Crippen LogP contribution >= 0.6 is 11.8 Å². The summed E-state index contributed by atoms with van der Waals surface area (Å²) in [7, 11) is -2.05. The Bertz CT molecular complexity index is 864. The first-order valence-corrected chi connectivity index (χ1v) is 12.5. The van der Waals surface area contributed by atoms with Gasteiger partial charge >= 0.3 is 0 Å². The summed E-state index contributed by atoms with van der Waals surface area (Å²) in [6.07, 6.45) is 5.85. The zero-order valence-corrected chi connectivity index (χ0v) is 18.7. The van der Waals surface area contributed by atoms with Crippen molar-refractivity contribution in [2.24, 2.45) is 0 Å². The molecule has 0 radical (unpaired) electrons. The van der Waals surface area contributed by atoms with Crippen LogP contribution in [0.4, 0.5) is 5.69 Å². The summed E-state index contributed by atoms with van der Waals surface area (Å²) >= 11 is 1.20. The van der Waals surface area contributed by atoms with Crippen LogP contribution in [0.3, 0.4) is 0 Å². The number of nitrogens with one attached hydrogen (secondary N) is 1. The van der Waals surface area contributed by atoms with Crippen molar-refractivity contribution in [3.63, 3.8) is 0 Å². The number of rotatable bonds is 6. The third-order valence-electron chi connectivity index (χ3n) is 5.37. The third-order valence-corrected chi connectivity index (χ3v) is 8.48. The lowest BCUT2D eigenvalue weighted by Crippen LogP contribution is -2.45. The van der Waals surface area contributed by atoms with Crippen LogP contribution < -0.4 is 5.32 Å². The molecule has 1 aromatic carbocycles. The minimum Gasteiger partial charge on any atom is -0.341 e. The molecule has 0 aliphatic carbocycles. The van der Waals surface area contributed by atoms with Crippen LogP contribution in [0.2, 0.25) is 0 Å². The van der Waals surface area contributed by atoms with E-state index in [-0.39, 0.29) is 16.7 Å². The van der Waals surface area contributed by atoms with Crippen LogP contribution in [0.5, 0.6) is 0 Å². The predicted molar refractivity (Wildman–Crippen MR) is 114 cm³/mol. The van der Waals surface area contributed by atoms with Gasteiger partial charge in [-0.15, -0.1) is 11.8 Å². The van der Waals surface area contributed by atoms with Gasteiger partial charge in [0.15, 0.2) is 5.25 Å². The Hall–Kier alpha value is -1.58. The van der Waals surface area contributed by atoms with Gasteiger partial charge in [-0.1, -0.05) is 26.2 Å². The summed E-state index contributed by atoms with van der Waals surface area (Å²) in [5.74, 6) is -0.540. The molecule has 1 saturated heterocycles. The first-order valence-electron chi connectivity index (χ1n) is 10.2. The molecule has 2 aliphatic heterocycles. The number of anilines is 1. The van der Waals surface area contributed by atoms with E-state index in [0.29, 0.717) is 30.2 Å². The predicted octanol–water partition coefficient (Wildman–Crippen LogP) is 2.92. The number of nitrogens with zero attached hydrogens (tertiary/aromatic N) is 2. The van der Waals surface area contributed by atoms with Gasteiger partial charge in [0, 0.05) is 31.6 Å². The highest BCUT2D eigenvalue weighted by Gasteiger charge is 2.36. The molecule has 0 spiro atoms. The summed E-state index contributed by atoms with van der Waals surface area (Å²) < 4.78 is 26.9. The molecule has 0 bridgehead atoms. The van der Waals surface area contributed by atoms with Crippen LogP contribution in [-0.4, -0.2) is 61.4 Å². The number of unbranched alkanes of at least 4 members (excludes halogenated alkanes) is 1. The Labute approximate surface area is 177 Å². The maximum Gasteiger partial charge on any atom is 0.247 e. The molecule has 0 saturated carbocycles. The highest BCUT2D eigenvalue weighted by Crippen LogP contribution is 2.38. The fourth-order valence-electron chi connectivity index (χ4n) is 3.55. The van der Waals surface area contributed by atoms with Crippen LogP contribution in [0, 0.1) is 0 Å². The number of carbonyl (C=O) groups is 2. The maximum absolute atomic E-state index is 12.9. The van der Waals surface area contributed by atoms with Crippen molar-refractivity contribution in [3.05, 3.63) is 18.2 Å². The molecular weight excluding hydrogens is 410 g/mol. The lowest BCUT2D eigenvalue weighted by Gasteiger charge is -2.29. The van der Waals surface area contributed by atoms with Gasteiger partial charge in [0.05, 0.1) is 10.6 Å². The fourth-order valence-corrected chi connectivity index (χ4v) is 5.84. The Morgan fingerprint density at radius 1 is 1.24 bits per heavy atom. The second kappa shape index (κ2) is 9.49. The monoisotopic (exact) mass is 439 g/mol. The van der Waals surface area contributed by atoms with Crippen molar-refractivity contribution in [1.82, 2.24) is 9.21 Å². The van der Waals surface area contributed by atoms with Crippen LogP contribution in [0.15, 0.2) is 28.0 Å². The maximum atomic E-state index is 12.9. The molecular formula is C20H29N3O4S2. The van der Waals surface area contributed by atoms with Crippen molar-refractivity contribution in [2.75, 3.05) is 32.0 Å². The van der Waals surface area contributed by atoms with E-state index in [2.05, 4.69) is 5.32 Å². The smallest absolute Gasteiger partial charge is 0.247 e. The molecule has 1 unspecified atom stereocenters. The summed E-state index contributed by atoms with van der Waals surface area (Å²) in [5, 5.41) is 1.93. The van der Waals surface area contributed by atoms with Crippen molar-refractivity contribution >= 4 is 39.3 Å². The third kappa shape index (κ3) is 4.95. The van der Waals surface area contributed by atoms with Crippen molar-refractivity contribution < 1.29 is 18.0 Å². The number of sulfonamides is 1. The number of benzene rings is 1. The molecule has 1 N–H and O–H groups in total. The van der Waals surface area contributed by atoms with E-state index in [1.165, 1.54) is 22.1 Å². The zero-order valence-electron chi connectivity index (χ0n) is 17.0. The van der Waals surface area contributed by atoms with Gasteiger partial charge < -0.3 is 10.2 Å². The Kier molecular flexibility index (Phi) is 7.23. The highest BCUT2D eigenvalue weighted by atomic mass is 32.2. The lowest BCUT2D eigenvalue weighted by atomic mass is 10.2. The Morgan fingerprint density at radius 2 is 1.93 bits per heavy atom. The molecule has 1 fully saturated rings. The van der Waals surface area contributed by atoms with E-state index < -0.39 is 15.3 Å². The fraction of sp³-hybridized carbons (Fsp3) is 0.600. The van der Waals surface area contributed by atoms with Gasteiger partial charge in [-0.3, -0.25) is 9.59 Å². The molecule has 1 atom stereocenters. The summed E-state index contributed by atoms with van der Waals surface area (Å²) in [6.45, 7) is 3.84. The lowest BCUT2D eigenvalue weighted by molar-refractivity contribution is -0.133. The van der Waals surface area contributed by atoms with Crippen molar-refractivity contribution in [2.45, 2.75) is 60.5 Å². The Morgan fingerprint density at radius 3 is 2.59 bits per heavy atom. The van der Waals surface area contributed by atoms with E-state index in [1.54, 1.807) is 24.1 Å². The molecule has 9 heteroatoms. The van der Waals surface area contributed by atoms with E-state index in [1.807, 2.05) is 6.92 Å². The number of hydrogen-bond donors (Lipinski definition) is 1. The Balaban J connectivity index is 1.77.